The van der Waals surface area contributed by atoms with Crippen molar-refractivity contribution in [3.63, 3.8) is 0 Å². The molecule has 11 heteroatoms. The average molecular weight is 550 g/mol. The van der Waals surface area contributed by atoms with Crippen LogP contribution in [-0.2, 0) is 18.2 Å². The van der Waals surface area contributed by atoms with Crippen molar-refractivity contribution in [2.24, 2.45) is 0 Å². The largest absolute Gasteiger partial charge is 0.318 e. The summed E-state index contributed by atoms with van der Waals surface area (Å²) in [6.07, 6.45) is 4.20. The van der Waals surface area contributed by atoms with Gasteiger partial charge in [-0.15, -0.1) is 11.6 Å². The highest BCUT2D eigenvalue weighted by Gasteiger charge is 2.64. The van der Waals surface area contributed by atoms with Crippen LogP contribution in [0.25, 0.3) is 0 Å². The van der Waals surface area contributed by atoms with E-state index in [4.69, 9.17) is 43.9 Å². The number of hydrogen-bond donors (Lipinski definition) is 0. The van der Waals surface area contributed by atoms with Gasteiger partial charge in [0, 0.05) is 33.2 Å². The van der Waals surface area contributed by atoms with Crippen LogP contribution in [0.2, 0.25) is 0 Å². The highest BCUT2D eigenvalue weighted by Crippen LogP contribution is 2.82. The number of hydrogen-bond acceptors (Lipinski definition) is 4. The lowest BCUT2D eigenvalue weighted by Crippen LogP contribution is -2.34. The fourth-order valence-electron chi connectivity index (χ4n) is 2.36. The number of unbranched alkanes of at least 4 members (excludes halogenated alkanes) is 3. The third kappa shape index (κ3) is 11.9. The highest BCUT2D eigenvalue weighted by atomic mass is 35.5. The first-order chi connectivity index (χ1) is 14.6. The Morgan fingerprint density at radius 3 is 1.32 bits per heavy atom. The monoisotopic (exact) mass is 548 g/mol. The molecule has 0 aliphatic carbocycles. The van der Waals surface area contributed by atoms with Crippen LogP contribution in [0.1, 0.15) is 80.6 Å². The third-order valence-electron chi connectivity index (χ3n) is 4.02. The summed E-state index contributed by atoms with van der Waals surface area (Å²) in [6.45, 7) is 14.9. The zero-order valence-corrected chi connectivity index (χ0v) is 25.8. The van der Waals surface area contributed by atoms with Crippen LogP contribution in [-0.4, -0.2) is 60.4 Å². The second-order valence-corrected chi connectivity index (χ2v) is 14.4. The summed E-state index contributed by atoms with van der Waals surface area (Å²) in [4.78, 5) is 0. The minimum Gasteiger partial charge on any atom is -0.318 e. The molecule has 0 aliphatic heterocycles. The summed E-state index contributed by atoms with van der Waals surface area (Å²) in [5.74, 6) is 0.495. The van der Waals surface area contributed by atoms with Gasteiger partial charge in [0.05, 0.1) is 0 Å². The first-order valence-electron chi connectivity index (χ1n) is 11.3. The fraction of sp³-hybridized carbons (Fsp3) is 1.00. The molecular formula is C20H49Cl3N2O4P2. The molecule has 0 rings (SSSR count). The molecule has 0 fully saturated rings. The Labute approximate surface area is 208 Å². The Kier molecular flexibility index (Phi) is 29.1. The van der Waals surface area contributed by atoms with Gasteiger partial charge in [-0.2, -0.15) is 0 Å². The van der Waals surface area contributed by atoms with Gasteiger partial charge in [0.2, 0.25) is 0 Å². The normalized spacial score (nSPS) is 14.8. The van der Waals surface area contributed by atoms with Gasteiger partial charge in [0.25, 0.3) is 3.82 Å². The van der Waals surface area contributed by atoms with Crippen LogP contribution in [0, 0.1) is 0 Å². The smallest absolute Gasteiger partial charge is 0.318 e. The number of nitrogens with zero attached hydrogens (tertiary/aromatic N) is 2. The minimum absolute atomic E-state index is 0.391. The van der Waals surface area contributed by atoms with Crippen molar-refractivity contribution in [1.29, 1.82) is 0 Å². The van der Waals surface area contributed by atoms with Crippen LogP contribution in [0.15, 0.2) is 0 Å². The first-order valence-corrected chi connectivity index (χ1v) is 15.7. The van der Waals surface area contributed by atoms with Crippen LogP contribution < -0.4 is 0 Å². The van der Waals surface area contributed by atoms with Crippen LogP contribution >= 0.6 is 49.8 Å². The molecule has 6 nitrogen and oxygen atoms in total. The van der Waals surface area contributed by atoms with Gasteiger partial charge in [0.1, 0.15) is 0 Å². The average Bonchev–Trinajstić information content (AvgIpc) is 2.81. The second kappa shape index (κ2) is 22.9. The van der Waals surface area contributed by atoms with Crippen molar-refractivity contribution >= 4 is 49.8 Å². The van der Waals surface area contributed by atoms with Gasteiger partial charge >= 0.3 is 15.0 Å². The molecule has 0 saturated carbocycles. The summed E-state index contributed by atoms with van der Waals surface area (Å²) >= 11 is 18.6. The molecule has 0 aliphatic rings. The van der Waals surface area contributed by atoms with E-state index in [1.807, 2.05) is 41.5 Å². The Hall–Kier alpha value is 1.17. The summed E-state index contributed by atoms with van der Waals surface area (Å²) in [6, 6.07) is 0. The van der Waals surface area contributed by atoms with Crippen molar-refractivity contribution < 1.29 is 18.2 Å². The molecule has 31 heavy (non-hydrogen) atoms. The Morgan fingerprint density at radius 1 is 0.742 bits per heavy atom. The van der Waals surface area contributed by atoms with E-state index >= 15 is 0 Å². The lowest BCUT2D eigenvalue weighted by Gasteiger charge is -2.41. The maximum absolute atomic E-state index is 13.5. The SMILES string of the molecule is CC.CC.CC.CCCCCN(C)P(=O)(OC)C(Cl)(Cl)P(=O)(OC)N(C)CCCCCl. The van der Waals surface area contributed by atoms with E-state index in [9.17, 15) is 9.13 Å². The summed E-state index contributed by atoms with van der Waals surface area (Å²) < 4.78 is 38.1. The van der Waals surface area contributed by atoms with Crippen molar-refractivity contribution in [3.05, 3.63) is 0 Å². The van der Waals surface area contributed by atoms with E-state index in [2.05, 4.69) is 6.92 Å². The predicted octanol–water partition coefficient (Wildman–Crippen LogP) is 8.91. The Morgan fingerprint density at radius 2 is 1.06 bits per heavy atom. The number of rotatable bonds is 14. The summed E-state index contributed by atoms with van der Waals surface area (Å²) in [5.41, 5.74) is 0. The number of halogens is 3. The lowest BCUT2D eigenvalue weighted by molar-refractivity contribution is 0.302. The predicted molar refractivity (Wildman–Crippen MR) is 142 cm³/mol. The van der Waals surface area contributed by atoms with E-state index in [1.54, 1.807) is 14.1 Å². The molecule has 0 heterocycles. The standard InChI is InChI=1S/C14H31Cl3N2O4P2.3C2H6/c1-6-7-9-12-18(2)24(20,22-4)14(16,17)25(21,23-5)19(3)13-10-8-11-15;3*1-2/h6-13H2,1-5H3;3*1-2H3. The molecule has 0 saturated heterocycles. The molecule has 194 valence electrons. The molecule has 0 N–H and O–H groups in total. The van der Waals surface area contributed by atoms with Crippen molar-refractivity contribution in [3.8, 4) is 0 Å². The van der Waals surface area contributed by atoms with Gasteiger partial charge in [-0.25, -0.2) is 9.34 Å². The Balaban J connectivity index is -0.000000554. The molecule has 0 aromatic rings. The molecule has 0 aromatic heterocycles. The van der Waals surface area contributed by atoms with E-state index in [0.717, 1.165) is 25.7 Å². The molecular weight excluding hydrogens is 501 g/mol. The van der Waals surface area contributed by atoms with Gasteiger partial charge in [0.15, 0.2) is 0 Å². The van der Waals surface area contributed by atoms with E-state index in [0.29, 0.717) is 25.4 Å². The highest BCUT2D eigenvalue weighted by molar-refractivity contribution is 7.82. The Bertz CT molecular complexity index is 447. The summed E-state index contributed by atoms with van der Waals surface area (Å²) in [5, 5.41) is 0. The molecule has 0 spiro atoms. The molecule has 0 aromatic carbocycles. The van der Waals surface area contributed by atoms with E-state index in [-0.39, 0.29) is 0 Å². The molecule has 0 amide bonds. The zero-order valence-electron chi connectivity index (χ0n) is 21.7. The molecule has 0 radical (unpaired) electrons. The van der Waals surface area contributed by atoms with Crippen LogP contribution in [0.5, 0.6) is 0 Å². The molecule has 0 bridgehead atoms. The van der Waals surface area contributed by atoms with Crippen molar-refractivity contribution in [2.45, 2.75) is 84.4 Å². The quantitative estimate of drug-likeness (QED) is 0.122. The maximum Gasteiger partial charge on any atom is 0.318 e. The maximum atomic E-state index is 13.5. The zero-order chi connectivity index (χ0) is 25.7. The van der Waals surface area contributed by atoms with Gasteiger partial charge in [-0.1, -0.05) is 84.5 Å². The van der Waals surface area contributed by atoms with E-state index < -0.39 is 18.9 Å². The number of alkyl halides is 3. The second-order valence-electron chi connectivity index (χ2n) is 5.78. The topological polar surface area (TPSA) is 59.1 Å². The fourth-order valence-corrected chi connectivity index (χ4v) is 10.2. The summed E-state index contributed by atoms with van der Waals surface area (Å²) in [7, 11) is -2.05. The molecule has 2 unspecified atom stereocenters. The van der Waals surface area contributed by atoms with Crippen molar-refractivity contribution in [1.82, 2.24) is 9.34 Å². The van der Waals surface area contributed by atoms with Gasteiger partial charge in [-0.3, -0.25) is 9.13 Å². The lowest BCUT2D eigenvalue weighted by atomic mass is 10.2. The van der Waals surface area contributed by atoms with Crippen LogP contribution in [0.3, 0.4) is 0 Å². The van der Waals surface area contributed by atoms with Gasteiger partial charge in [-0.05, 0) is 33.4 Å². The first kappa shape index (κ1) is 39.4. The van der Waals surface area contributed by atoms with Crippen molar-refractivity contribution in [2.75, 3.05) is 47.3 Å². The minimum atomic E-state index is -3.87. The molecule has 2 atom stereocenters. The van der Waals surface area contributed by atoms with Crippen LogP contribution in [0.4, 0.5) is 0 Å². The van der Waals surface area contributed by atoms with E-state index in [1.165, 1.54) is 23.6 Å². The van der Waals surface area contributed by atoms with Gasteiger partial charge < -0.3 is 9.05 Å². The third-order valence-corrected chi connectivity index (χ3v) is 12.9.